The summed E-state index contributed by atoms with van der Waals surface area (Å²) in [5, 5.41) is 12.5. The van der Waals surface area contributed by atoms with Crippen molar-refractivity contribution in [3.63, 3.8) is 0 Å². The van der Waals surface area contributed by atoms with Gasteiger partial charge in [0.2, 0.25) is 0 Å². The van der Waals surface area contributed by atoms with E-state index in [1.807, 2.05) is 19.1 Å². The molecule has 1 unspecified atom stereocenters. The van der Waals surface area contributed by atoms with E-state index >= 15 is 0 Å². The van der Waals surface area contributed by atoms with Gasteiger partial charge < -0.3 is 5.11 Å². The van der Waals surface area contributed by atoms with Crippen LogP contribution in [0.25, 0.3) is 10.8 Å². The third-order valence-electron chi connectivity index (χ3n) is 3.59. The van der Waals surface area contributed by atoms with Crippen LogP contribution in [0.5, 0.6) is 0 Å². The maximum Gasteiger partial charge on any atom is 0.0787 e. The molecule has 1 N–H and O–H groups in total. The molecule has 3 aromatic rings. The zero-order valence-corrected chi connectivity index (χ0v) is 12.8. The number of fused-ring (bicyclic) bond motifs is 1. The highest BCUT2D eigenvalue weighted by molar-refractivity contribution is 7.99. The molecule has 0 radical (unpaired) electrons. The molecule has 0 saturated carbocycles. The van der Waals surface area contributed by atoms with Gasteiger partial charge in [0.15, 0.2) is 0 Å². The Kier molecular flexibility index (Phi) is 4.28. The highest BCUT2D eigenvalue weighted by atomic mass is 32.2. The zero-order valence-electron chi connectivity index (χ0n) is 12.0. The zero-order chi connectivity index (χ0) is 14.7. The van der Waals surface area contributed by atoms with Crippen LogP contribution in [-0.2, 0) is 0 Å². The van der Waals surface area contributed by atoms with Gasteiger partial charge >= 0.3 is 0 Å². The summed E-state index contributed by atoms with van der Waals surface area (Å²) in [5.41, 5.74) is 0.989. The molecule has 106 valence electrons. The van der Waals surface area contributed by atoms with Crippen LogP contribution in [0, 0.1) is 0 Å². The van der Waals surface area contributed by atoms with Crippen LogP contribution in [0.15, 0.2) is 76.5 Å². The van der Waals surface area contributed by atoms with Crippen LogP contribution in [0.1, 0.15) is 25.0 Å². The van der Waals surface area contributed by atoms with Gasteiger partial charge in [0.1, 0.15) is 0 Å². The minimum atomic E-state index is -0.373. The highest BCUT2D eigenvalue weighted by Gasteiger charge is 2.06. The molecule has 0 bridgehead atoms. The molecule has 0 aromatic heterocycles. The molecule has 2 heteroatoms. The lowest BCUT2D eigenvalue weighted by molar-refractivity contribution is 0.173. The minimum Gasteiger partial charge on any atom is -0.388 e. The summed E-state index contributed by atoms with van der Waals surface area (Å²) < 4.78 is 0. The first-order valence-corrected chi connectivity index (χ1v) is 8.02. The van der Waals surface area contributed by atoms with Gasteiger partial charge in [-0.05, 0) is 47.0 Å². The van der Waals surface area contributed by atoms with Crippen molar-refractivity contribution in [2.45, 2.75) is 29.2 Å². The molecule has 0 amide bonds. The molecule has 21 heavy (non-hydrogen) atoms. The fourth-order valence-electron chi connectivity index (χ4n) is 2.39. The summed E-state index contributed by atoms with van der Waals surface area (Å²) in [6.07, 6.45) is 0.367. The predicted octanol–water partition coefficient (Wildman–Crippen LogP) is 5.43. The van der Waals surface area contributed by atoms with Crippen molar-refractivity contribution in [3.05, 3.63) is 72.3 Å². The van der Waals surface area contributed by atoms with Crippen LogP contribution < -0.4 is 0 Å². The molecule has 3 rings (SSSR count). The summed E-state index contributed by atoms with van der Waals surface area (Å²) in [7, 11) is 0. The maximum atomic E-state index is 9.95. The lowest BCUT2D eigenvalue weighted by Crippen LogP contribution is -1.94. The smallest absolute Gasteiger partial charge is 0.0787 e. The van der Waals surface area contributed by atoms with Crippen molar-refractivity contribution in [1.82, 2.24) is 0 Å². The number of hydrogen-bond donors (Lipinski definition) is 1. The second kappa shape index (κ2) is 6.33. The fraction of sp³-hybridized carbons (Fsp3) is 0.158. The van der Waals surface area contributed by atoms with E-state index in [2.05, 4.69) is 54.6 Å². The summed E-state index contributed by atoms with van der Waals surface area (Å²) in [6.45, 7) is 1.99. The monoisotopic (exact) mass is 294 g/mol. The van der Waals surface area contributed by atoms with Gasteiger partial charge in [-0.3, -0.25) is 0 Å². The number of aliphatic hydroxyl groups is 1. The Bertz CT molecular complexity index is 751. The molecule has 0 saturated heterocycles. The Morgan fingerprint density at radius 3 is 2.43 bits per heavy atom. The van der Waals surface area contributed by atoms with Gasteiger partial charge in [0.05, 0.1) is 6.10 Å². The van der Waals surface area contributed by atoms with Crippen molar-refractivity contribution >= 4 is 22.5 Å². The van der Waals surface area contributed by atoms with E-state index < -0.39 is 0 Å². The van der Waals surface area contributed by atoms with E-state index in [0.717, 1.165) is 16.9 Å². The van der Waals surface area contributed by atoms with Crippen molar-refractivity contribution in [2.24, 2.45) is 0 Å². The topological polar surface area (TPSA) is 20.2 Å². The average molecular weight is 294 g/mol. The third-order valence-corrected chi connectivity index (χ3v) is 4.57. The van der Waals surface area contributed by atoms with Gasteiger partial charge in [0.25, 0.3) is 0 Å². The van der Waals surface area contributed by atoms with Gasteiger partial charge in [-0.15, -0.1) is 0 Å². The van der Waals surface area contributed by atoms with E-state index in [4.69, 9.17) is 0 Å². The molecule has 0 aliphatic carbocycles. The Labute approximate surface area is 129 Å². The maximum absolute atomic E-state index is 9.95. The van der Waals surface area contributed by atoms with Crippen LogP contribution in [0.3, 0.4) is 0 Å². The molecule has 0 spiro atoms. The Hall–Kier alpha value is -1.77. The second-order valence-corrected chi connectivity index (χ2v) is 6.25. The molecule has 3 aromatic carbocycles. The molecule has 0 aliphatic heterocycles. The predicted molar refractivity (Wildman–Crippen MR) is 89.8 cm³/mol. The first-order valence-electron chi connectivity index (χ1n) is 7.21. The van der Waals surface area contributed by atoms with Crippen LogP contribution in [-0.4, -0.2) is 5.11 Å². The SMILES string of the molecule is CCC(O)c1cccc(Sc2ccc3ccccc3c2)c1. The summed E-state index contributed by atoms with van der Waals surface area (Å²) >= 11 is 1.73. The molecular formula is C19H18OS. The van der Waals surface area contributed by atoms with E-state index in [1.165, 1.54) is 15.7 Å². The number of aliphatic hydroxyl groups excluding tert-OH is 1. The molecule has 0 heterocycles. The molecule has 0 fully saturated rings. The molecule has 1 atom stereocenters. The largest absolute Gasteiger partial charge is 0.388 e. The standard InChI is InChI=1S/C19H18OS/c1-2-19(20)16-8-5-9-17(13-16)21-18-11-10-14-6-3-4-7-15(14)12-18/h3-13,19-20H,2H2,1H3. The molecule has 0 aliphatic rings. The van der Waals surface area contributed by atoms with E-state index in [9.17, 15) is 5.11 Å². The first-order chi connectivity index (χ1) is 10.3. The normalized spacial score (nSPS) is 12.5. The lowest BCUT2D eigenvalue weighted by Gasteiger charge is -2.10. The molecule has 1 nitrogen and oxygen atoms in total. The lowest BCUT2D eigenvalue weighted by atomic mass is 10.1. The summed E-state index contributed by atoms with van der Waals surface area (Å²) in [6, 6.07) is 23.1. The van der Waals surface area contributed by atoms with Crippen molar-refractivity contribution in [3.8, 4) is 0 Å². The van der Waals surface area contributed by atoms with Crippen LogP contribution >= 0.6 is 11.8 Å². The van der Waals surface area contributed by atoms with Gasteiger partial charge in [-0.25, -0.2) is 0 Å². The number of benzene rings is 3. The van der Waals surface area contributed by atoms with Crippen LogP contribution in [0.4, 0.5) is 0 Å². The number of hydrogen-bond acceptors (Lipinski definition) is 2. The summed E-state index contributed by atoms with van der Waals surface area (Å²) in [4.78, 5) is 2.38. The molecular weight excluding hydrogens is 276 g/mol. The summed E-state index contributed by atoms with van der Waals surface area (Å²) in [5.74, 6) is 0. The van der Waals surface area contributed by atoms with E-state index in [0.29, 0.717) is 0 Å². The average Bonchev–Trinajstić information content (AvgIpc) is 2.54. The number of rotatable bonds is 4. The Morgan fingerprint density at radius 2 is 1.62 bits per heavy atom. The van der Waals surface area contributed by atoms with Gasteiger partial charge in [-0.1, -0.05) is 61.2 Å². The van der Waals surface area contributed by atoms with Crippen molar-refractivity contribution in [1.29, 1.82) is 0 Å². The first kappa shape index (κ1) is 14.2. The Morgan fingerprint density at radius 1 is 0.857 bits per heavy atom. The minimum absolute atomic E-state index is 0.373. The van der Waals surface area contributed by atoms with Crippen LogP contribution in [0.2, 0.25) is 0 Å². The highest BCUT2D eigenvalue weighted by Crippen LogP contribution is 2.31. The quantitative estimate of drug-likeness (QED) is 0.692. The van der Waals surface area contributed by atoms with Crippen molar-refractivity contribution < 1.29 is 5.11 Å². The van der Waals surface area contributed by atoms with E-state index in [1.54, 1.807) is 11.8 Å². The Balaban J connectivity index is 1.87. The van der Waals surface area contributed by atoms with Gasteiger partial charge in [0, 0.05) is 9.79 Å². The second-order valence-electron chi connectivity index (χ2n) is 5.11. The van der Waals surface area contributed by atoms with Crippen molar-refractivity contribution in [2.75, 3.05) is 0 Å². The fourth-order valence-corrected chi connectivity index (χ4v) is 3.32. The third kappa shape index (κ3) is 3.29. The van der Waals surface area contributed by atoms with Gasteiger partial charge in [-0.2, -0.15) is 0 Å². The van der Waals surface area contributed by atoms with E-state index in [-0.39, 0.29) is 6.10 Å².